The van der Waals surface area contributed by atoms with Gasteiger partial charge in [-0.15, -0.1) is 0 Å². The molecule has 0 saturated carbocycles. The summed E-state index contributed by atoms with van der Waals surface area (Å²) in [6, 6.07) is 5.83. The summed E-state index contributed by atoms with van der Waals surface area (Å²) in [7, 11) is 0. The monoisotopic (exact) mass is 349 g/mol. The van der Waals surface area contributed by atoms with Crippen molar-refractivity contribution in [3.63, 3.8) is 0 Å². The van der Waals surface area contributed by atoms with Crippen molar-refractivity contribution in [2.45, 2.75) is 37.6 Å². The molecule has 0 spiro atoms. The number of aliphatic hydroxyl groups excluding tert-OH is 3. The van der Waals surface area contributed by atoms with Gasteiger partial charge >= 0.3 is 35.5 Å². The van der Waals surface area contributed by atoms with E-state index in [1.54, 1.807) is 0 Å². The van der Waals surface area contributed by atoms with Crippen LogP contribution in [0.5, 0.6) is 5.75 Å². The Hall–Kier alpha value is -1.20. The zero-order valence-electron chi connectivity index (χ0n) is 13.1. The molecule has 0 aliphatic carbocycles. The number of nitrogens with zero attached hydrogens (tertiary/aromatic N) is 1. The van der Waals surface area contributed by atoms with Gasteiger partial charge in [0, 0.05) is 0 Å². The van der Waals surface area contributed by atoms with Crippen molar-refractivity contribution in [2.75, 3.05) is 0 Å². The average Bonchev–Trinajstić information content (AvgIpc) is 2.48. The summed E-state index contributed by atoms with van der Waals surface area (Å²) in [5, 5.41) is 48.9. The van der Waals surface area contributed by atoms with Gasteiger partial charge in [-0.3, -0.25) is 4.99 Å². The van der Waals surface area contributed by atoms with Gasteiger partial charge in [-0.1, -0.05) is 0 Å². The third-order valence-corrected chi connectivity index (χ3v) is 3.19. The van der Waals surface area contributed by atoms with Gasteiger partial charge in [0.1, 0.15) is 24.1 Å². The molecule has 0 radical (unpaired) electrons. The van der Waals surface area contributed by atoms with Crippen molar-refractivity contribution in [3.8, 4) is 5.75 Å². The first-order chi connectivity index (χ1) is 10.8. The smallest absolute Gasteiger partial charge is 0.862 e. The van der Waals surface area contributed by atoms with Gasteiger partial charge in [-0.2, -0.15) is 0 Å². The number of hydrogen-bond acceptors (Lipinski definition) is 8. The quantitative estimate of drug-likeness (QED) is 0.241. The zero-order valence-corrected chi connectivity index (χ0v) is 15.1. The largest absolute Gasteiger partial charge is 1.00 e. The molecule has 0 aromatic heterocycles. The van der Waals surface area contributed by atoms with Gasteiger partial charge in [0.15, 0.2) is 6.10 Å². The number of rotatable bonds is 4. The summed E-state index contributed by atoms with van der Waals surface area (Å²) in [6.45, 7) is 1.30. The molecule has 10 heteroatoms. The predicted molar refractivity (Wildman–Crippen MR) is 74.2 cm³/mol. The first kappa shape index (κ1) is 20.8. The van der Waals surface area contributed by atoms with E-state index in [1.165, 1.54) is 31.2 Å². The Morgan fingerprint density at radius 1 is 1.17 bits per heavy atom. The van der Waals surface area contributed by atoms with Crippen LogP contribution in [-0.4, -0.2) is 63.0 Å². The van der Waals surface area contributed by atoms with Crippen molar-refractivity contribution in [1.82, 2.24) is 0 Å². The fraction of sp³-hybridized carbons (Fsp3) is 0.429. The molecule has 5 atom stereocenters. The summed E-state index contributed by atoms with van der Waals surface area (Å²) in [4.78, 5) is 14.7. The Bertz CT molecular complexity index is 589. The molecule has 1 aliphatic heterocycles. The third-order valence-electron chi connectivity index (χ3n) is 3.19. The summed E-state index contributed by atoms with van der Waals surface area (Å²) < 4.78 is 10.3. The number of carbonyl (C=O) groups is 1. The maximum Gasteiger partial charge on any atom is 1.00 e. The van der Waals surface area contributed by atoms with Gasteiger partial charge < -0.3 is 35.0 Å². The number of aliphatic carboxylic acids is 1. The van der Waals surface area contributed by atoms with Crippen LogP contribution in [0.3, 0.4) is 0 Å². The van der Waals surface area contributed by atoms with Crippen molar-refractivity contribution < 1.29 is 69.4 Å². The summed E-state index contributed by atoms with van der Waals surface area (Å²) in [5.41, 5.74) is 0.397. The summed E-state index contributed by atoms with van der Waals surface area (Å²) >= 11 is 0. The van der Waals surface area contributed by atoms with Gasteiger partial charge in [0.25, 0.3) is 0 Å². The van der Waals surface area contributed by atoms with Crippen LogP contribution in [-0.2, 0) is 9.53 Å². The molecule has 1 aliphatic rings. The van der Waals surface area contributed by atoms with E-state index in [-0.39, 0.29) is 41.2 Å². The molecule has 24 heavy (non-hydrogen) atoms. The Balaban J connectivity index is 0.00000288. The second-order valence-electron chi connectivity index (χ2n) is 4.98. The second-order valence-corrected chi connectivity index (χ2v) is 4.98. The maximum atomic E-state index is 11.0. The minimum atomic E-state index is -1.78. The minimum Gasteiger partial charge on any atom is -0.862 e. The fourth-order valence-corrected chi connectivity index (χ4v) is 2.06. The molecule has 1 saturated heterocycles. The van der Waals surface area contributed by atoms with Crippen LogP contribution >= 0.6 is 0 Å². The van der Waals surface area contributed by atoms with E-state index in [1.807, 2.05) is 0 Å². The number of benzene rings is 1. The zero-order chi connectivity index (χ0) is 17.1. The first-order valence-corrected chi connectivity index (χ1v) is 6.71. The van der Waals surface area contributed by atoms with Gasteiger partial charge in [-0.25, -0.2) is 4.79 Å². The Kier molecular flexibility index (Phi) is 7.61. The van der Waals surface area contributed by atoms with E-state index in [4.69, 9.17) is 14.6 Å². The van der Waals surface area contributed by atoms with Gasteiger partial charge in [0.2, 0.25) is 6.29 Å². The van der Waals surface area contributed by atoms with E-state index in [9.17, 15) is 25.2 Å². The Labute approximate surface area is 159 Å². The van der Waals surface area contributed by atoms with Crippen LogP contribution in [0.2, 0.25) is 0 Å². The van der Waals surface area contributed by atoms with E-state index in [0.717, 1.165) is 0 Å². The molecule has 0 unspecified atom stereocenters. The summed E-state index contributed by atoms with van der Waals surface area (Å²) in [5.74, 6) is -1.66. The normalized spacial score (nSPS) is 30.3. The molecule has 126 valence electrons. The van der Waals surface area contributed by atoms with Crippen LogP contribution in [0.15, 0.2) is 29.3 Å². The number of hydrogen-bond donors (Lipinski definition) is 4. The van der Waals surface area contributed by atoms with Crippen molar-refractivity contribution >= 4 is 17.6 Å². The predicted octanol–water partition coefficient (Wildman–Crippen LogP) is -4.63. The van der Waals surface area contributed by atoms with Crippen LogP contribution < -0.4 is 39.4 Å². The van der Waals surface area contributed by atoms with Crippen LogP contribution in [0, 0.1) is 0 Å². The van der Waals surface area contributed by atoms with Crippen LogP contribution in [0.25, 0.3) is 0 Å². The number of aliphatic imine (C=N–C) groups is 1. The van der Waals surface area contributed by atoms with Crippen molar-refractivity contribution in [2.24, 2.45) is 4.99 Å². The van der Waals surface area contributed by atoms with Crippen molar-refractivity contribution in [1.29, 1.82) is 0 Å². The SMILES string of the molecule is CC([O-])=Nc1ccc(O[C@@H]2O[C@H](C(=O)O)[C@@H](O)[C@H](O)[C@H]2O)cc1.[Na+]. The molecule has 1 fully saturated rings. The number of carboxylic acid groups (broad SMARTS) is 1. The Morgan fingerprint density at radius 2 is 1.75 bits per heavy atom. The standard InChI is InChI=1S/C14H17NO8.Na/c1-6(16)15-7-2-4-8(5-3-7)22-14-11(19)9(17)10(18)12(23-14)13(20)21;/h2-5,9-12,14,17-19H,1H3,(H,15,16)(H,20,21);/q;+1/p-1/t9-,10-,11+,12-,14+;/m0./s1. The molecule has 4 N–H and O–H groups in total. The van der Waals surface area contributed by atoms with Crippen LogP contribution in [0.4, 0.5) is 5.69 Å². The number of ether oxygens (including phenoxy) is 2. The molecular weight excluding hydrogens is 333 g/mol. The average molecular weight is 349 g/mol. The van der Waals surface area contributed by atoms with Gasteiger partial charge in [0.05, 0.1) is 5.69 Å². The molecule has 1 aromatic carbocycles. The molecule has 1 aromatic rings. The second kappa shape index (κ2) is 8.77. The molecule has 1 heterocycles. The fourth-order valence-electron chi connectivity index (χ4n) is 2.06. The van der Waals surface area contributed by atoms with E-state index < -0.39 is 36.7 Å². The Morgan fingerprint density at radius 3 is 2.25 bits per heavy atom. The third kappa shape index (κ3) is 4.90. The molecule has 2 rings (SSSR count). The van der Waals surface area contributed by atoms with Crippen LogP contribution in [0.1, 0.15) is 6.92 Å². The molecular formula is C14H16NNaO8. The molecule has 0 amide bonds. The topological polar surface area (TPSA) is 152 Å². The number of aliphatic hydroxyl groups is 3. The number of carboxylic acids is 1. The molecule has 9 nitrogen and oxygen atoms in total. The minimum absolute atomic E-state index is 0. The van der Waals surface area contributed by atoms with E-state index in [0.29, 0.717) is 5.69 Å². The van der Waals surface area contributed by atoms with E-state index >= 15 is 0 Å². The summed E-state index contributed by atoms with van der Waals surface area (Å²) in [6.07, 6.45) is -8.36. The molecule has 0 bridgehead atoms. The first-order valence-electron chi connectivity index (χ1n) is 6.71. The maximum absolute atomic E-state index is 11.0. The van der Waals surface area contributed by atoms with Crippen molar-refractivity contribution in [3.05, 3.63) is 24.3 Å². The van der Waals surface area contributed by atoms with E-state index in [2.05, 4.69) is 4.99 Å². The van der Waals surface area contributed by atoms with Gasteiger partial charge in [-0.05, 0) is 37.1 Å².